The summed E-state index contributed by atoms with van der Waals surface area (Å²) in [7, 11) is 3.17. The van der Waals surface area contributed by atoms with E-state index in [1.165, 1.54) is 0 Å². The number of aliphatic carboxylic acids is 1. The number of carboxylic acid groups (broad SMARTS) is 1. The van der Waals surface area contributed by atoms with Crippen molar-refractivity contribution in [3.63, 3.8) is 0 Å². The van der Waals surface area contributed by atoms with Crippen molar-refractivity contribution in [3.8, 4) is 11.5 Å². The van der Waals surface area contributed by atoms with E-state index in [4.69, 9.17) is 14.6 Å². The van der Waals surface area contributed by atoms with Crippen LogP contribution in [0.25, 0.3) is 0 Å². The molecule has 0 radical (unpaired) electrons. The average molecular weight is 267 g/mol. The number of ether oxygens (including phenoxy) is 2. The molecule has 0 aliphatic heterocycles. The topological polar surface area (TPSA) is 67.8 Å². The fourth-order valence-electron chi connectivity index (χ4n) is 1.83. The van der Waals surface area contributed by atoms with Crippen LogP contribution >= 0.6 is 0 Å². The minimum absolute atomic E-state index is 0.0155. The van der Waals surface area contributed by atoms with Crippen molar-refractivity contribution in [1.82, 2.24) is 5.32 Å². The second kappa shape index (κ2) is 6.99. The minimum atomic E-state index is -0.845. The fourth-order valence-corrected chi connectivity index (χ4v) is 1.83. The predicted molar refractivity (Wildman–Crippen MR) is 72.6 cm³/mol. The molecule has 0 aliphatic carbocycles. The third-order valence-corrected chi connectivity index (χ3v) is 2.94. The van der Waals surface area contributed by atoms with E-state index in [-0.39, 0.29) is 5.92 Å². The molecule has 0 saturated carbocycles. The van der Waals surface area contributed by atoms with Crippen molar-refractivity contribution in [1.29, 1.82) is 0 Å². The van der Waals surface area contributed by atoms with Crippen molar-refractivity contribution in [2.24, 2.45) is 5.92 Å². The molecule has 0 heterocycles. The highest BCUT2D eigenvalue weighted by Gasteiger charge is 2.21. The molecule has 2 N–H and O–H groups in total. The first kappa shape index (κ1) is 15.3. The Labute approximate surface area is 113 Å². The number of nitrogens with one attached hydrogen (secondary N) is 1. The van der Waals surface area contributed by atoms with Crippen LogP contribution in [0.4, 0.5) is 0 Å². The van der Waals surface area contributed by atoms with Crippen LogP contribution in [-0.2, 0) is 11.3 Å². The van der Waals surface area contributed by atoms with Crippen LogP contribution in [0.15, 0.2) is 18.2 Å². The number of methoxy groups -OCH3 is 2. The van der Waals surface area contributed by atoms with E-state index < -0.39 is 12.0 Å². The van der Waals surface area contributed by atoms with Gasteiger partial charge in [-0.3, -0.25) is 10.1 Å². The van der Waals surface area contributed by atoms with E-state index in [0.717, 1.165) is 5.56 Å². The summed E-state index contributed by atoms with van der Waals surface area (Å²) in [6, 6.07) is 4.89. The molecule has 5 nitrogen and oxygen atoms in total. The quantitative estimate of drug-likeness (QED) is 0.789. The molecule has 1 rings (SSSR count). The van der Waals surface area contributed by atoms with Crippen molar-refractivity contribution < 1.29 is 19.4 Å². The van der Waals surface area contributed by atoms with Gasteiger partial charge in [0.1, 0.15) is 17.5 Å². The van der Waals surface area contributed by atoms with E-state index in [0.29, 0.717) is 18.0 Å². The van der Waals surface area contributed by atoms with Gasteiger partial charge < -0.3 is 14.6 Å². The number of hydrogen-bond donors (Lipinski definition) is 2. The summed E-state index contributed by atoms with van der Waals surface area (Å²) in [5, 5.41) is 12.1. The zero-order valence-electron chi connectivity index (χ0n) is 11.8. The van der Waals surface area contributed by atoms with Gasteiger partial charge in [-0.25, -0.2) is 0 Å². The summed E-state index contributed by atoms with van der Waals surface area (Å²) in [4.78, 5) is 11.1. The monoisotopic (exact) mass is 267 g/mol. The van der Waals surface area contributed by atoms with Crippen LogP contribution < -0.4 is 14.8 Å². The maximum Gasteiger partial charge on any atom is 0.320 e. The standard InChI is InChI=1S/C14H21NO4/c1-9(2)13(14(16)17)15-8-10-5-6-11(18-3)7-12(10)19-4/h5-7,9,13,15H,8H2,1-4H3,(H,16,17). The third-order valence-electron chi connectivity index (χ3n) is 2.94. The molecule has 0 aliphatic rings. The first-order valence-corrected chi connectivity index (χ1v) is 6.16. The number of benzene rings is 1. The van der Waals surface area contributed by atoms with Crippen LogP contribution in [0.1, 0.15) is 19.4 Å². The number of rotatable bonds is 7. The molecule has 106 valence electrons. The molecule has 0 amide bonds. The Morgan fingerprint density at radius 1 is 1.32 bits per heavy atom. The highest BCUT2D eigenvalue weighted by molar-refractivity contribution is 5.73. The zero-order chi connectivity index (χ0) is 14.4. The number of carboxylic acids is 1. The van der Waals surface area contributed by atoms with Gasteiger partial charge in [-0.15, -0.1) is 0 Å². The molecule has 19 heavy (non-hydrogen) atoms. The van der Waals surface area contributed by atoms with Gasteiger partial charge in [0.15, 0.2) is 0 Å². The normalized spacial score (nSPS) is 12.3. The van der Waals surface area contributed by atoms with Gasteiger partial charge in [0.2, 0.25) is 0 Å². The molecule has 1 unspecified atom stereocenters. The van der Waals surface area contributed by atoms with Crippen LogP contribution in [0.3, 0.4) is 0 Å². The van der Waals surface area contributed by atoms with Crippen LogP contribution in [0.2, 0.25) is 0 Å². The van der Waals surface area contributed by atoms with E-state index in [1.54, 1.807) is 20.3 Å². The molecule has 0 aromatic heterocycles. The van der Waals surface area contributed by atoms with Gasteiger partial charge in [-0.1, -0.05) is 19.9 Å². The highest BCUT2D eigenvalue weighted by atomic mass is 16.5. The molecule has 1 aromatic rings. The van der Waals surface area contributed by atoms with Gasteiger partial charge in [0.25, 0.3) is 0 Å². The largest absolute Gasteiger partial charge is 0.497 e. The van der Waals surface area contributed by atoms with Crippen molar-refractivity contribution in [2.75, 3.05) is 14.2 Å². The van der Waals surface area contributed by atoms with Gasteiger partial charge in [0.05, 0.1) is 14.2 Å². The SMILES string of the molecule is COc1ccc(CNC(C(=O)O)C(C)C)c(OC)c1. The number of carbonyl (C=O) groups is 1. The van der Waals surface area contributed by atoms with E-state index in [2.05, 4.69) is 5.32 Å². The Kier molecular flexibility index (Phi) is 5.63. The maximum absolute atomic E-state index is 11.1. The summed E-state index contributed by atoms with van der Waals surface area (Å²) in [6.45, 7) is 4.18. The van der Waals surface area contributed by atoms with Crippen molar-refractivity contribution in [2.45, 2.75) is 26.4 Å². The van der Waals surface area contributed by atoms with Crippen LogP contribution in [0.5, 0.6) is 11.5 Å². The minimum Gasteiger partial charge on any atom is -0.497 e. The van der Waals surface area contributed by atoms with E-state index >= 15 is 0 Å². The van der Waals surface area contributed by atoms with Crippen molar-refractivity contribution in [3.05, 3.63) is 23.8 Å². The van der Waals surface area contributed by atoms with Gasteiger partial charge in [-0.2, -0.15) is 0 Å². The molecule has 5 heteroatoms. The predicted octanol–water partition coefficient (Wildman–Crippen LogP) is 1.90. The Morgan fingerprint density at radius 3 is 2.47 bits per heavy atom. The Bertz CT molecular complexity index is 431. The molecule has 0 spiro atoms. The Balaban J connectivity index is 2.79. The number of hydrogen-bond acceptors (Lipinski definition) is 4. The highest BCUT2D eigenvalue weighted by Crippen LogP contribution is 2.24. The summed E-state index contributed by atoms with van der Waals surface area (Å²) in [5.74, 6) is 0.559. The zero-order valence-corrected chi connectivity index (χ0v) is 11.8. The Morgan fingerprint density at radius 2 is 2.00 bits per heavy atom. The fraction of sp³-hybridized carbons (Fsp3) is 0.500. The molecule has 0 bridgehead atoms. The van der Waals surface area contributed by atoms with E-state index in [1.807, 2.05) is 26.0 Å². The summed E-state index contributed by atoms with van der Waals surface area (Å²) in [5.41, 5.74) is 0.898. The summed E-state index contributed by atoms with van der Waals surface area (Å²) >= 11 is 0. The summed E-state index contributed by atoms with van der Waals surface area (Å²) in [6.07, 6.45) is 0. The lowest BCUT2D eigenvalue weighted by molar-refractivity contribution is -0.140. The van der Waals surface area contributed by atoms with Gasteiger partial charge in [0, 0.05) is 18.2 Å². The Hall–Kier alpha value is -1.75. The average Bonchev–Trinajstić information content (AvgIpc) is 2.38. The lowest BCUT2D eigenvalue weighted by Gasteiger charge is -2.19. The molecule has 0 fully saturated rings. The first-order valence-electron chi connectivity index (χ1n) is 6.16. The molecule has 1 aromatic carbocycles. The first-order chi connectivity index (χ1) is 8.99. The lowest BCUT2D eigenvalue weighted by Crippen LogP contribution is -2.40. The smallest absolute Gasteiger partial charge is 0.320 e. The third kappa shape index (κ3) is 4.13. The van der Waals surface area contributed by atoms with E-state index in [9.17, 15) is 4.79 Å². The molecule has 0 saturated heterocycles. The molecular weight excluding hydrogens is 246 g/mol. The molecule has 1 atom stereocenters. The van der Waals surface area contributed by atoms with Crippen LogP contribution in [-0.4, -0.2) is 31.3 Å². The maximum atomic E-state index is 11.1. The summed E-state index contributed by atoms with van der Waals surface area (Å²) < 4.78 is 10.4. The van der Waals surface area contributed by atoms with Crippen molar-refractivity contribution >= 4 is 5.97 Å². The lowest BCUT2D eigenvalue weighted by atomic mass is 10.0. The van der Waals surface area contributed by atoms with Crippen LogP contribution in [0, 0.1) is 5.92 Å². The van der Waals surface area contributed by atoms with Gasteiger partial charge >= 0.3 is 5.97 Å². The molecular formula is C14H21NO4. The second-order valence-corrected chi connectivity index (χ2v) is 4.62. The van der Waals surface area contributed by atoms with Gasteiger partial charge in [-0.05, 0) is 12.0 Å². The second-order valence-electron chi connectivity index (χ2n) is 4.62.